The van der Waals surface area contributed by atoms with Gasteiger partial charge >= 0.3 is 0 Å². The topological polar surface area (TPSA) is 37.7 Å². The highest BCUT2D eigenvalue weighted by Crippen LogP contribution is 2.19. The lowest BCUT2D eigenvalue weighted by molar-refractivity contribution is -0.908. The van der Waals surface area contributed by atoms with Crippen LogP contribution < -0.4 is 15.5 Å². The van der Waals surface area contributed by atoms with Crippen molar-refractivity contribution in [2.45, 2.75) is 6.42 Å². The second-order valence-corrected chi connectivity index (χ2v) is 6.29. The largest absolute Gasteiger partial charge is 0.370 e. The van der Waals surface area contributed by atoms with Gasteiger partial charge in [-0.3, -0.25) is 0 Å². The van der Waals surface area contributed by atoms with Gasteiger partial charge in [0.05, 0.1) is 25.4 Å². The first kappa shape index (κ1) is 16.6. The average Bonchev–Trinajstić information content (AvgIpc) is 2.48. The third-order valence-electron chi connectivity index (χ3n) is 3.37. The number of thiocarbonyl (C=S) groups is 1. The highest BCUT2D eigenvalue weighted by molar-refractivity contribution is 9.10. The molecular weight excluding hydrogens is 357 g/mol. The summed E-state index contributed by atoms with van der Waals surface area (Å²) in [5.41, 5.74) is 0.384. The molecule has 1 saturated heterocycles. The number of ether oxygens (including phenoxy) is 1. The molecule has 116 valence electrons. The molecule has 0 saturated carbocycles. The monoisotopic (exact) mass is 376 g/mol. The number of nitrogens with one attached hydrogen (secondary N) is 3. The minimum Gasteiger partial charge on any atom is -0.370 e. The highest BCUT2D eigenvalue weighted by Gasteiger charge is 2.12. The van der Waals surface area contributed by atoms with Crippen molar-refractivity contribution in [3.63, 3.8) is 0 Å². The molecule has 1 aliphatic rings. The number of rotatable bonds is 5. The van der Waals surface area contributed by atoms with Gasteiger partial charge in [-0.05, 0) is 30.4 Å². The van der Waals surface area contributed by atoms with Crippen LogP contribution in [0.15, 0.2) is 22.7 Å². The fourth-order valence-corrected chi connectivity index (χ4v) is 2.75. The van der Waals surface area contributed by atoms with E-state index in [2.05, 4.69) is 26.6 Å². The molecule has 0 spiro atoms. The van der Waals surface area contributed by atoms with Crippen molar-refractivity contribution < 1.29 is 14.0 Å². The van der Waals surface area contributed by atoms with Crippen molar-refractivity contribution in [1.82, 2.24) is 5.32 Å². The Morgan fingerprint density at radius 2 is 2.14 bits per heavy atom. The normalized spacial score (nSPS) is 15.7. The Bertz CT molecular complexity index is 483. The Balaban J connectivity index is 1.65. The summed E-state index contributed by atoms with van der Waals surface area (Å²) in [7, 11) is 0. The summed E-state index contributed by atoms with van der Waals surface area (Å²) in [5.74, 6) is -0.328. The summed E-state index contributed by atoms with van der Waals surface area (Å²) in [6.07, 6.45) is 1.03. The highest BCUT2D eigenvalue weighted by atomic mass is 79.9. The SMILES string of the molecule is Fc1cc(Br)ccc1NC(=S)NCCC[NH+]1CCOCC1. The van der Waals surface area contributed by atoms with E-state index >= 15 is 0 Å². The van der Waals surface area contributed by atoms with E-state index < -0.39 is 0 Å². The number of morpholine rings is 1. The van der Waals surface area contributed by atoms with Crippen LogP contribution in [0.4, 0.5) is 10.1 Å². The summed E-state index contributed by atoms with van der Waals surface area (Å²) >= 11 is 8.39. The molecule has 1 aliphatic heterocycles. The zero-order valence-corrected chi connectivity index (χ0v) is 14.2. The Kier molecular flexibility index (Phi) is 6.82. The van der Waals surface area contributed by atoms with Crippen LogP contribution in [0.25, 0.3) is 0 Å². The zero-order valence-electron chi connectivity index (χ0n) is 11.8. The molecule has 0 atom stereocenters. The maximum atomic E-state index is 13.6. The first-order valence-electron chi connectivity index (χ1n) is 7.06. The molecule has 0 bridgehead atoms. The molecule has 2 rings (SSSR count). The van der Waals surface area contributed by atoms with Gasteiger partial charge in [-0.1, -0.05) is 15.9 Å². The molecule has 1 aromatic rings. The van der Waals surface area contributed by atoms with E-state index in [1.165, 1.54) is 6.07 Å². The zero-order chi connectivity index (χ0) is 15.1. The molecule has 3 N–H and O–H groups in total. The number of benzene rings is 1. The summed E-state index contributed by atoms with van der Waals surface area (Å²) in [6.45, 7) is 5.75. The van der Waals surface area contributed by atoms with Gasteiger partial charge in [0.15, 0.2) is 5.11 Å². The van der Waals surface area contributed by atoms with Crippen molar-refractivity contribution >= 4 is 38.9 Å². The lowest BCUT2D eigenvalue weighted by atomic mass is 10.3. The van der Waals surface area contributed by atoms with E-state index in [9.17, 15) is 4.39 Å². The summed E-state index contributed by atoms with van der Waals surface area (Å²) in [6, 6.07) is 4.84. The van der Waals surface area contributed by atoms with Crippen LogP contribution in [0.1, 0.15) is 6.42 Å². The molecule has 1 heterocycles. The fourth-order valence-electron chi connectivity index (χ4n) is 2.21. The van der Waals surface area contributed by atoms with Crippen LogP contribution in [0.2, 0.25) is 0 Å². The van der Waals surface area contributed by atoms with Gasteiger partial charge in [0, 0.05) is 17.4 Å². The molecule has 0 aromatic heterocycles. The number of hydrogen-bond donors (Lipinski definition) is 3. The Morgan fingerprint density at radius 1 is 1.38 bits per heavy atom. The van der Waals surface area contributed by atoms with Crippen LogP contribution in [0.5, 0.6) is 0 Å². The quantitative estimate of drug-likeness (QED) is 0.532. The van der Waals surface area contributed by atoms with Gasteiger partial charge in [0.2, 0.25) is 0 Å². The van der Waals surface area contributed by atoms with Crippen molar-refractivity contribution in [3.8, 4) is 0 Å². The van der Waals surface area contributed by atoms with Gasteiger partial charge in [0.1, 0.15) is 18.9 Å². The van der Waals surface area contributed by atoms with Crippen molar-refractivity contribution in [2.24, 2.45) is 0 Å². The molecule has 0 amide bonds. The smallest absolute Gasteiger partial charge is 0.170 e. The number of quaternary nitrogens is 1. The predicted molar refractivity (Wildman–Crippen MR) is 89.3 cm³/mol. The molecule has 1 aromatic carbocycles. The van der Waals surface area contributed by atoms with Crippen LogP contribution in [0, 0.1) is 5.82 Å². The van der Waals surface area contributed by atoms with E-state index in [1.54, 1.807) is 17.0 Å². The average molecular weight is 377 g/mol. The lowest BCUT2D eigenvalue weighted by Crippen LogP contribution is -3.14. The molecule has 21 heavy (non-hydrogen) atoms. The fraction of sp³-hybridized carbons (Fsp3) is 0.500. The maximum absolute atomic E-state index is 13.6. The van der Waals surface area contributed by atoms with Crippen molar-refractivity contribution in [2.75, 3.05) is 44.7 Å². The van der Waals surface area contributed by atoms with Crippen LogP contribution in [-0.2, 0) is 4.74 Å². The Labute approximate surface area is 138 Å². The Hall–Kier alpha value is -0.760. The second-order valence-electron chi connectivity index (χ2n) is 4.97. The van der Waals surface area contributed by atoms with Crippen molar-refractivity contribution in [1.29, 1.82) is 0 Å². The van der Waals surface area contributed by atoms with Gasteiger partial charge in [-0.15, -0.1) is 0 Å². The molecular formula is C14H20BrFN3OS+. The molecule has 0 unspecified atom stereocenters. The molecule has 4 nitrogen and oxygen atoms in total. The van der Waals surface area contributed by atoms with E-state index in [1.807, 2.05) is 0 Å². The second kappa shape index (κ2) is 8.63. The number of hydrogen-bond acceptors (Lipinski definition) is 2. The van der Waals surface area contributed by atoms with Crippen LogP contribution >= 0.6 is 28.1 Å². The van der Waals surface area contributed by atoms with Gasteiger partial charge < -0.3 is 20.3 Å². The van der Waals surface area contributed by atoms with Gasteiger partial charge in [-0.25, -0.2) is 4.39 Å². The van der Waals surface area contributed by atoms with E-state index in [0.29, 0.717) is 15.3 Å². The van der Waals surface area contributed by atoms with Gasteiger partial charge in [-0.2, -0.15) is 0 Å². The first-order chi connectivity index (χ1) is 10.1. The molecule has 0 aliphatic carbocycles. The van der Waals surface area contributed by atoms with Crippen LogP contribution in [0.3, 0.4) is 0 Å². The standard InChI is InChI=1S/C14H19BrFN3OS/c15-11-2-3-13(12(16)10-11)18-14(21)17-4-1-5-19-6-8-20-9-7-19/h2-3,10H,1,4-9H2,(H2,17,18,21)/p+1. The molecule has 0 radical (unpaired) electrons. The number of halogens is 2. The predicted octanol–water partition coefficient (Wildman–Crippen LogP) is 1.18. The first-order valence-corrected chi connectivity index (χ1v) is 8.26. The summed E-state index contributed by atoms with van der Waals surface area (Å²) in [5, 5.41) is 6.44. The van der Waals surface area contributed by atoms with E-state index in [-0.39, 0.29) is 5.82 Å². The molecule has 7 heteroatoms. The lowest BCUT2D eigenvalue weighted by Gasteiger charge is -2.23. The van der Waals surface area contributed by atoms with Crippen LogP contribution in [-0.4, -0.2) is 44.5 Å². The summed E-state index contributed by atoms with van der Waals surface area (Å²) in [4.78, 5) is 1.57. The minimum atomic E-state index is -0.328. The van der Waals surface area contributed by atoms with Gasteiger partial charge in [0.25, 0.3) is 0 Å². The van der Waals surface area contributed by atoms with E-state index in [4.69, 9.17) is 17.0 Å². The molecule has 1 fully saturated rings. The van der Waals surface area contributed by atoms with E-state index in [0.717, 1.165) is 45.8 Å². The third kappa shape index (κ3) is 5.86. The minimum absolute atomic E-state index is 0.328. The van der Waals surface area contributed by atoms with Crippen molar-refractivity contribution in [3.05, 3.63) is 28.5 Å². The maximum Gasteiger partial charge on any atom is 0.170 e. The Morgan fingerprint density at radius 3 is 2.86 bits per heavy atom. The number of anilines is 1. The summed E-state index contributed by atoms with van der Waals surface area (Å²) < 4.78 is 19.7. The third-order valence-corrected chi connectivity index (χ3v) is 4.11.